The molecule has 1 fully saturated rings. The van der Waals surface area contributed by atoms with Crippen molar-refractivity contribution in [3.05, 3.63) is 41.7 Å². The number of amides is 1. The van der Waals surface area contributed by atoms with E-state index in [2.05, 4.69) is 0 Å². The Morgan fingerprint density at radius 3 is 2.53 bits per heavy atom. The van der Waals surface area contributed by atoms with Crippen molar-refractivity contribution < 1.29 is 28.5 Å². The van der Waals surface area contributed by atoms with E-state index in [1.807, 2.05) is 52.0 Å². The maximum Gasteiger partial charge on any atom is 0.328 e. The van der Waals surface area contributed by atoms with E-state index in [1.165, 1.54) is 18.1 Å². The van der Waals surface area contributed by atoms with Crippen LogP contribution in [-0.4, -0.2) is 55.0 Å². The van der Waals surface area contributed by atoms with Gasteiger partial charge in [0.2, 0.25) is 0 Å². The van der Waals surface area contributed by atoms with Gasteiger partial charge in [0.05, 0.1) is 26.4 Å². The van der Waals surface area contributed by atoms with E-state index in [-0.39, 0.29) is 24.5 Å². The van der Waals surface area contributed by atoms with Crippen molar-refractivity contribution in [2.75, 3.05) is 20.3 Å². The van der Waals surface area contributed by atoms with Gasteiger partial charge in [0, 0.05) is 12.5 Å². The van der Waals surface area contributed by atoms with Crippen LogP contribution in [0.1, 0.15) is 39.7 Å². The van der Waals surface area contributed by atoms with E-state index in [9.17, 15) is 9.59 Å². The molecule has 1 saturated heterocycles. The molecule has 0 aliphatic carbocycles. The van der Waals surface area contributed by atoms with Crippen molar-refractivity contribution >= 4 is 11.9 Å². The maximum atomic E-state index is 12.5. The molecule has 2 unspecified atom stereocenters. The Morgan fingerprint density at radius 2 is 1.97 bits per heavy atom. The lowest BCUT2D eigenvalue weighted by Crippen LogP contribution is -2.44. The number of hydrogen-bond donors (Lipinski definition) is 0. The van der Waals surface area contributed by atoms with Crippen molar-refractivity contribution in [2.24, 2.45) is 5.92 Å². The summed E-state index contributed by atoms with van der Waals surface area (Å²) in [5, 5.41) is 0. The minimum atomic E-state index is -0.611. The fraction of sp³-hybridized carbons (Fsp3) is 0.565. The third kappa shape index (κ3) is 5.61. The van der Waals surface area contributed by atoms with Crippen molar-refractivity contribution in [2.45, 2.75) is 58.5 Å². The number of ether oxygens (including phenoxy) is 4. The molecule has 2 aliphatic rings. The molecule has 1 aromatic carbocycles. The highest BCUT2D eigenvalue weighted by Crippen LogP contribution is 2.26. The van der Waals surface area contributed by atoms with Gasteiger partial charge in [-0.1, -0.05) is 26.0 Å². The second-order valence-corrected chi connectivity index (χ2v) is 8.65. The number of nitrogens with zero attached hydrogens (tertiary/aromatic N) is 1. The predicted molar refractivity (Wildman–Crippen MR) is 111 cm³/mol. The highest BCUT2D eigenvalue weighted by Gasteiger charge is 2.35. The molecule has 2 atom stereocenters. The molecular weight excluding hydrogens is 386 g/mol. The second-order valence-electron chi connectivity index (χ2n) is 8.65. The van der Waals surface area contributed by atoms with Crippen molar-refractivity contribution in [3.8, 4) is 5.75 Å². The van der Waals surface area contributed by atoms with Gasteiger partial charge in [0.15, 0.2) is 5.79 Å². The minimum Gasteiger partial charge on any atom is -0.467 e. The van der Waals surface area contributed by atoms with E-state index < -0.39 is 17.8 Å². The summed E-state index contributed by atoms with van der Waals surface area (Å²) in [5.41, 5.74) is 1.12. The number of carbonyl (C=O) groups excluding carboxylic acids is 2. The Kier molecular flexibility index (Phi) is 6.83. The minimum absolute atomic E-state index is 0.0340. The quantitative estimate of drug-likeness (QED) is 0.605. The number of esters is 1. The van der Waals surface area contributed by atoms with Crippen LogP contribution in [0.25, 0.3) is 0 Å². The lowest BCUT2D eigenvalue weighted by molar-refractivity contribution is -0.151. The zero-order chi connectivity index (χ0) is 21.9. The number of carbonyl (C=O) groups is 2. The highest BCUT2D eigenvalue weighted by molar-refractivity contribution is 5.94. The molecule has 3 rings (SSSR count). The number of methoxy groups -OCH3 is 1. The van der Waals surface area contributed by atoms with E-state index >= 15 is 0 Å². The van der Waals surface area contributed by atoms with Crippen molar-refractivity contribution in [1.29, 1.82) is 0 Å². The Labute approximate surface area is 177 Å². The van der Waals surface area contributed by atoms with Crippen LogP contribution in [-0.2, 0) is 30.2 Å². The third-order valence-corrected chi connectivity index (χ3v) is 5.14. The van der Waals surface area contributed by atoms with Gasteiger partial charge in [0.1, 0.15) is 17.6 Å². The van der Waals surface area contributed by atoms with Gasteiger partial charge in [-0.05, 0) is 43.9 Å². The summed E-state index contributed by atoms with van der Waals surface area (Å²) < 4.78 is 22.2. The Morgan fingerprint density at radius 1 is 1.27 bits per heavy atom. The van der Waals surface area contributed by atoms with Crippen LogP contribution in [0.2, 0.25) is 0 Å². The molecule has 30 heavy (non-hydrogen) atoms. The van der Waals surface area contributed by atoms with Crippen LogP contribution >= 0.6 is 0 Å². The molecule has 0 aromatic heterocycles. The van der Waals surface area contributed by atoms with Gasteiger partial charge in [-0.15, -0.1) is 0 Å². The lowest BCUT2D eigenvalue weighted by Gasteiger charge is -2.27. The van der Waals surface area contributed by atoms with Gasteiger partial charge < -0.3 is 23.8 Å². The van der Waals surface area contributed by atoms with Gasteiger partial charge in [-0.2, -0.15) is 0 Å². The first-order valence-electron chi connectivity index (χ1n) is 10.3. The molecule has 0 spiro atoms. The molecule has 0 N–H and O–H groups in total. The summed E-state index contributed by atoms with van der Waals surface area (Å²) in [4.78, 5) is 26.1. The van der Waals surface area contributed by atoms with E-state index in [0.717, 1.165) is 12.0 Å². The molecule has 1 amide bonds. The molecule has 2 aliphatic heterocycles. The predicted octanol–water partition coefficient (Wildman–Crippen LogP) is 3.07. The first-order valence-corrected chi connectivity index (χ1v) is 10.3. The molecule has 0 saturated carbocycles. The second kappa shape index (κ2) is 9.18. The Hall–Kier alpha value is -2.38. The van der Waals surface area contributed by atoms with Gasteiger partial charge >= 0.3 is 5.97 Å². The van der Waals surface area contributed by atoms with Gasteiger partial charge in [-0.3, -0.25) is 4.79 Å². The fourth-order valence-electron chi connectivity index (χ4n) is 3.74. The average molecular weight is 418 g/mol. The first-order chi connectivity index (χ1) is 14.2. The topological polar surface area (TPSA) is 74.3 Å². The molecule has 164 valence electrons. The Bertz CT molecular complexity index is 798. The van der Waals surface area contributed by atoms with Crippen molar-refractivity contribution in [3.63, 3.8) is 0 Å². The molecule has 7 nitrogen and oxygen atoms in total. The van der Waals surface area contributed by atoms with Crippen LogP contribution < -0.4 is 4.74 Å². The molecule has 7 heteroatoms. The SMILES string of the molecule is COC(=O)C(CC(C)C)N1CC(Oc2ccc(CC3COC(C)(C)O3)cc2)=CC1=O. The first kappa shape index (κ1) is 22.3. The molecule has 0 bridgehead atoms. The van der Waals surface area contributed by atoms with Gasteiger partial charge in [-0.25, -0.2) is 4.79 Å². The number of benzene rings is 1. The van der Waals surface area contributed by atoms with Crippen LogP contribution in [0.15, 0.2) is 36.1 Å². The summed E-state index contributed by atoms with van der Waals surface area (Å²) >= 11 is 0. The molecule has 2 heterocycles. The van der Waals surface area contributed by atoms with E-state index in [4.69, 9.17) is 18.9 Å². The zero-order valence-electron chi connectivity index (χ0n) is 18.3. The Balaban J connectivity index is 1.58. The van der Waals surface area contributed by atoms with Gasteiger partial charge in [0.25, 0.3) is 5.91 Å². The normalized spacial score (nSPS) is 21.7. The number of hydrogen-bond acceptors (Lipinski definition) is 6. The summed E-state index contributed by atoms with van der Waals surface area (Å²) in [7, 11) is 1.34. The van der Waals surface area contributed by atoms with Crippen LogP contribution in [0.3, 0.4) is 0 Å². The van der Waals surface area contributed by atoms with Crippen LogP contribution in [0, 0.1) is 5.92 Å². The fourth-order valence-corrected chi connectivity index (χ4v) is 3.74. The van der Waals surface area contributed by atoms with Crippen LogP contribution in [0.4, 0.5) is 0 Å². The van der Waals surface area contributed by atoms with E-state index in [1.54, 1.807) is 0 Å². The maximum absolute atomic E-state index is 12.5. The van der Waals surface area contributed by atoms with E-state index in [0.29, 0.717) is 24.5 Å². The summed E-state index contributed by atoms with van der Waals surface area (Å²) in [6.07, 6.45) is 2.77. The molecule has 1 aromatic rings. The standard InChI is InChI=1S/C23H31NO6/c1-15(2)10-20(22(26)27-5)24-13-18(12-21(24)25)29-17-8-6-16(7-9-17)11-19-14-28-23(3,4)30-19/h6-9,12,15,19-20H,10-11,13-14H2,1-5H3. The summed E-state index contributed by atoms with van der Waals surface area (Å²) in [6, 6.07) is 7.09. The monoisotopic (exact) mass is 417 g/mol. The average Bonchev–Trinajstić information content (AvgIpc) is 3.21. The third-order valence-electron chi connectivity index (χ3n) is 5.14. The van der Waals surface area contributed by atoms with Crippen molar-refractivity contribution in [1.82, 2.24) is 4.90 Å². The molecule has 0 radical (unpaired) electrons. The molecular formula is C23H31NO6. The number of rotatable bonds is 8. The highest BCUT2D eigenvalue weighted by atomic mass is 16.7. The smallest absolute Gasteiger partial charge is 0.328 e. The summed E-state index contributed by atoms with van der Waals surface area (Å²) in [5.74, 6) is 0.232. The lowest BCUT2D eigenvalue weighted by atomic mass is 10.0. The largest absolute Gasteiger partial charge is 0.467 e. The van der Waals surface area contributed by atoms with Crippen LogP contribution in [0.5, 0.6) is 5.75 Å². The zero-order valence-corrected chi connectivity index (χ0v) is 18.3. The summed E-state index contributed by atoms with van der Waals surface area (Å²) in [6.45, 7) is 8.66.